The lowest BCUT2D eigenvalue weighted by atomic mass is 9.94. The smallest absolute Gasteiger partial charge is 0.117 e. The third kappa shape index (κ3) is 4.38. The van der Waals surface area contributed by atoms with Crippen LogP contribution in [0.15, 0.2) is 54.1 Å². The number of fused-ring (bicyclic) bond motifs is 1. The zero-order valence-electron chi connectivity index (χ0n) is 18.8. The monoisotopic (exact) mass is 464 g/mol. The Hall–Kier alpha value is -2.47. The van der Waals surface area contributed by atoms with Crippen molar-refractivity contribution in [2.24, 2.45) is 4.99 Å². The molecular formula is C26H29ClN4S. The highest BCUT2D eigenvalue weighted by Gasteiger charge is 2.21. The molecule has 3 aromatic rings. The van der Waals surface area contributed by atoms with Crippen molar-refractivity contribution in [3.63, 3.8) is 0 Å². The summed E-state index contributed by atoms with van der Waals surface area (Å²) in [6.45, 7) is 12.1. The number of thiophene rings is 1. The van der Waals surface area contributed by atoms with Crippen LogP contribution in [0.25, 0.3) is 11.3 Å². The lowest BCUT2D eigenvalue weighted by Crippen LogP contribution is -2.39. The molecule has 2 aliphatic heterocycles. The normalized spacial score (nSPS) is 15.9. The second-order valence-corrected chi connectivity index (χ2v) is 9.45. The lowest BCUT2D eigenvalue weighted by Gasteiger charge is -2.22. The van der Waals surface area contributed by atoms with Gasteiger partial charge in [0.1, 0.15) is 11.0 Å². The average Bonchev–Trinajstić information content (AvgIpc) is 3.40. The Morgan fingerprint density at radius 1 is 1.19 bits per heavy atom. The van der Waals surface area contributed by atoms with Crippen molar-refractivity contribution in [3.8, 4) is 0 Å². The number of hydrogen-bond acceptors (Lipinski definition) is 4. The van der Waals surface area contributed by atoms with Gasteiger partial charge in [-0.25, -0.2) is 9.98 Å². The van der Waals surface area contributed by atoms with Crippen molar-refractivity contribution in [3.05, 3.63) is 91.6 Å². The van der Waals surface area contributed by atoms with Crippen LogP contribution in [0.5, 0.6) is 0 Å². The van der Waals surface area contributed by atoms with Crippen molar-refractivity contribution in [1.29, 1.82) is 0 Å². The van der Waals surface area contributed by atoms with E-state index >= 15 is 0 Å². The minimum atomic E-state index is 0.532. The highest BCUT2D eigenvalue weighted by Crippen LogP contribution is 2.34. The van der Waals surface area contributed by atoms with Gasteiger partial charge in [0.25, 0.3) is 0 Å². The number of nitrogens with zero attached hydrogens (tertiary/aromatic N) is 2. The third-order valence-corrected chi connectivity index (χ3v) is 7.06. The number of rotatable bonds is 5. The second kappa shape index (κ2) is 9.99. The molecule has 6 heteroatoms. The highest BCUT2D eigenvalue weighted by molar-refractivity contribution is 7.17. The van der Waals surface area contributed by atoms with E-state index in [2.05, 4.69) is 48.1 Å². The van der Waals surface area contributed by atoms with Crippen molar-refractivity contribution >= 4 is 34.2 Å². The number of H-pyrrole nitrogens is 1. The first-order valence-corrected chi connectivity index (χ1v) is 12.4. The molecule has 4 nitrogen and oxygen atoms in total. The Bertz CT molecular complexity index is 1280. The number of aryl methyl sites for hydroxylation is 1. The third-order valence-electron chi connectivity index (χ3n) is 5.79. The van der Waals surface area contributed by atoms with Crippen molar-refractivity contribution in [1.82, 2.24) is 15.3 Å². The van der Waals surface area contributed by atoms with Crippen LogP contribution in [0.3, 0.4) is 0 Å². The van der Waals surface area contributed by atoms with Gasteiger partial charge < -0.3 is 10.3 Å². The Labute approximate surface area is 198 Å². The van der Waals surface area contributed by atoms with Gasteiger partial charge in [0.2, 0.25) is 0 Å². The van der Waals surface area contributed by atoms with Gasteiger partial charge in [0, 0.05) is 33.3 Å². The fourth-order valence-corrected chi connectivity index (χ4v) is 5.31. The van der Waals surface area contributed by atoms with Crippen LogP contribution in [-0.2, 0) is 0 Å². The van der Waals surface area contributed by atoms with Gasteiger partial charge in [-0.05, 0) is 63.2 Å². The van der Waals surface area contributed by atoms with Gasteiger partial charge in [0.15, 0.2) is 0 Å². The number of allylic oxidation sites excluding steroid dienone is 2. The zero-order chi connectivity index (χ0) is 22.7. The highest BCUT2D eigenvalue weighted by atomic mass is 35.5. The van der Waals surface area contributed by atoms with E-state index in [-0.39, 0.29) is 0 Å². The number of piperidine rings is 1. The van der Waals surface area contributed by atoms with E-state index in [1.54, 1.807) is 11.3 Å². The van der Waals surface area contributed by atoms with Crippen LogP contribution in [0.1, 0.15) is 60.1 Å². The van der Waals surface area contributed by atoms with E-state index < -0.39 is 0 Å². The predicted molar refractivity (Wildman–Crippen MR) is 136 cm³/mol. The maximum atomic E-state index is 6.18. The summed E-state index contributed by atoms with van der Waals surface area (Å²) in [5.74, 6) is 0.532. The molecular weight excluding hydrogens is 436 g/mol. The Morgan fingerprint density at radius 2 is 1.97 bits per heavy atom. The summed E-state index contributed by atoms with van der Waals surface area (Å²) < 4.78 is 0.778. The van der Waals surface area contributed by atoms with Crippen LogP contribution < -0.4 is 16.0 Å². The summed E-state index contributed by atoms with van der Waals surface area (Å²) in [6.07, 6.45) is 6.14. The molecule has 166 valence electrons. The molecule has 0 unspecified atom stereocenters. The molecule has 2 N–H and O–H groups in total. The fraction of sp³-hybridized carbons (Fsp3) is 0.308. The largest absolute Gasteiger partial charge is 0.357 e. The van der Waals surface area contributed by atoms with Crippen LogP contribution in [-0.4, -0.2) is 23.1 Å². The molecule has 2 aliphatic rings. The first kappa shape index (κ1) is 22.7. The number of aromatic amines is 1. The van der Waals surface area contributed by atoms with Crippen LogP contribution >= 0.6 is 22.9 Å². The predicted octanol–water partition coefficient (Wildman–Crippen LogP) is 5.33. The Morgan fingerprint density at radius 3 is 2.66 bits per heavy atom. The Balaban J connectivity index is 0.00000119. The summed E-state index contributed by atoms with van der Waals surface area (Å²) in [6, 6.07) is 10.4. The molecule has 3 aromatic heterocycles. The molecule has 5 rings (SSSR count). The maximum absolute atomic E-state index is 6.18. The van der Waals surface area contributed by atoms with E-state index in [4.69, 9.17) is 21.6 Å². The first-order valence-electron chi connectivity index (χ1n) is 11.2. The van der Waals surface area contributed by atoms with Crippen LogP contribution in [0, 0.1) is 6.92 Å². The van der Waals surface area contributed by atoms with Gasteiger partial charge in [0.05, 0.1) is 15.4 Å². The fourth-order valence-electron chi connectivity index (χ4n) is 4.23. The second-order valence-electron chi connectivity index (χ2n) is 7.73. The minimum Gasteiger partial charge on any atom is -0.357 e. The molecule has 0 atom stereocenters. The van der Waals surface area contributed by atoms with Crippen molar-refractivity contribution in [2.75, 3.05) is 13.1 Å². The summed E-state index contributed by atoms with van der Waals surface area (Å²) in [4.78, 5) is 14.4. The zero-order valence-corrected chi connectivity index (χ0v) is 20.4. The van der Waals surface area contributed by atoms with E-state index in [0.717, 1.165) is 74.1 Å². The minimum absolute atomic E-state index is 0.532. The van der Waals surface area contributed by atoms with E-state index in [1.165, 1.54) is 5.69 Å². The molecule has 0 saturated carbocycles. The molecule has 0 bridgehead atoms. The summed E-state index contributed by atoms with van der Waals surface area (Å²) in [5, 5.41) is 5.41. The molecule has 0 radical (unpaired) electrons. The molecule has 1 fully saturated rings. The van der Waals surface area contributed by atoms with Crippen molar-refractivity contribution in [2.45, 2.75) is 39.5 Å². The van der Waals surface area contributed by atoms with Gasteiger partial charge >= 0.3 is 0 Å². The molecule has 0 amide bonds. The summed E-state index contributed by atoms with van der Waals surface area (Å²) >= 11 is 7.75. The van der Waals surface area contributed by atoms with Gasteiger partial charge in [-0.2, -0.15) is 0 Å². The molecule has 1 saturated heterocycles. The summed E-state index contributed by atoms with van der Waals surface area (Å²) in [7, 11) is 0. The van der Waals surface area contributed by atoms with Crippen LogP contribution in [0.4, 0.5) is 0 Å². The molecule has 5 heterocycles. The maximum Gasteiger partial charge on any atom is 0.117 e. The number of pyridine rings is 1. The van der Waals surface area contributed by atoms with Gasteiger partial charge in [-0.1, -0.05) is 44.2 Å². The van der Waals surface area contributed by atoms with Gasteiger partial charge in [-0.3, -0.25) is 0 Å². The number of nitrogens with one attached hydrogen (secondary N) is 2. The molecule has 0 aliphatic carbocycles. The molecule has 0 spiro atoms. The van der Waals surface area contributed by atoms with E-state index in [1.807, 2.05) is 32.1 Å². The summed E-state index contributed by atoms with van der Waals surface area (Å²) in [5.41, 5.74) is 6.47. The van der Waals surface area contributed by atoms with Gasteiger partial charge in [-0.15, -0.1) is 11.3 Å². The van der Waals surface area contributed by atoms with E-state index in [9.17, 15) is 0 Å². The SMILES string of the molecule is C=C/C=C(/c1ccc(Cl)s1)c1cc(C2=c3nc(C4CCNCC4)ccc3=N2)[nH]c1C.CC. The number of aromatic nitrogens is 2. The topological polar surface area (TPSA) is 53.1 Å². The quantitative estimate of drug-likeness (QED) is 0.501. The Kier molecular flexibility index (Phi) is 7.09. The number of hydrogen-bond donors (Lipinski definition) is 2. The molecule has 32 heavy (non-hydrogen) atoms. The first-order chi connectivity index (χ1) is 15.6. The molecule has 0 aromatic carbocycles. The van der Waals surface area contributed by atoms with E-state index in [0.29, 0.717) is 5.92 Å². The standard InChI is InChI=1S/C24H23ClN4S.C2H6/c1-3-4-16(21-7-8-22(25)30-21)17-13-20(27-14(17)2)24-23-19(29-24)6-5-18(28-23)15-9-11-26-12-10-15;1-2/h3-8,13,15,26-27H,1,9-12H2,2H3;1-2H3/b16-4+;. The van der Waals surface area contributed by atoms with Crippen LogP contribution in [0.2, 0.25) is 4.34 Å². The average molecular weight is 465 g/mol. The lowest BCUT2D eigenvalue weighted by molar-refractivity contribution is 0.452. The van der Waals surface area contributed by atoms with Crippen molar-refractivity contribution < 1.29 is 0 Å². The number of halogens is 1.